The molecular weight excluding hydrogens is 286 g/mol. The van der Waals surface area contributed by atoms with Crippen molar-refractivity contribution in [3.8, 4) is 5.75 Å². The molecule has 0 unspecified atom stereocenters. The molecule has 22 heavy (non-hydrogen) atoms. The van der Waals surface area contributed by atoms with Gasteiger partial charge in [0.1, 0.15) is 5.75 Å². The maximum absolute atomic E-state index is 11.8. The van der Waals surface area contributed by atoms with Crippen LogP contribution in [0.4, 0.5) is 21.9 Å². The molecular formula is C15H15N3O4. The molecule has 7 nitrogen and oxygen atoms in total. The molecule has 2 aromatic rings. The molecule has 0 saturated carbocycles. The summed E-state index contributed by atoms with van der Waals surface area (Å²) in [5.74, 6) is -0.390. The average molecular weight is 301 g/mol. The van der Waals surface area contributed by atoms with Gasteiger partial charge in [0.15, 0.2) is 0 Å². The zero-order chi connectivity index (χ0) is 16.3. The molecule has 2 aromatic carbocycles. The van der Waals surface area contributed by atoms with Crippen LogP contribution in [0.1, 0.15) is 12.5 Å². The largest absolute Gasteiger partial charge is 0.505 e. The fraction of sp³-hybridized carbons (Fsp3) is 0.133. The van der Waals surface area contributed by atoms with Crippen LogP contribution in [0.15, 0.2) is 42.5 Å². The first-order valence-corrected chi connectivity index (χ1v) is 6.60. The standard InChI is InChI=1S/C15H15N3O4/c1-2-10-5-3-4-6-12(10)17(15(16)20)13-8-7-11(18(21)22)9-14(13)19/h3-9,19H,2H2,1H3,(H2,16,20). The number of aryl methyl sites for hydroxylation is 1. The van der Waals surface area contributed by atoms with Crippen molar-refractivity contribution < 1.29 is 14.8 Å². The highest BCUT2D eigenvalue weighted by Crippen LogP contribution is 2.36. The number of nitrogens with two attached hydrogens (primary N) is 1. The highest BCUT2D eigenvalue weighted by Gasteiger charge is 2.22. The van der Waals surface area contributed by atoms with E-state index in [4.69, 9.17) is 5.73 Å². The van der Waals surface area contributed by atoms with Gasteiger partial charge in [0.05, 0.1) is 22.4 Å². The van der Waals surface area contributed by atoms with E-state index in [0.29, 0.717) is 12.1 Å². The summed E-state index contributed by atoms with van der Waals surface area (Å²) < 4.78 is 0. The van der Waals surface area contributed by atoms with E-state index >= 15 is 0 Å². The van der Waals surface area contributed by atoms with Gasteiger partial charge in [0.25, 0.3) is 5.69 Å². The lowest BCUT2D eigenvalue weighted by Gasteiger charge is -2.23. The first-order valence-electron chi connectivity index (χ1n) is 6.60. The Balaban J connectivity index is 2.58. The second-order valence-electron chi connectivity index (χ2n) is 4.59. The number of benzene rings is 2. The number of anilines is 2. The number of aromatic hydroxyl groups is 1. The molecule has 3 N–H and O–H groups in total. The van der Waals surface area contributed by atoms with Crippen molar-refractivity contribution >= 4 is 23.1 Å². The fourth-order valence-corrected chi connectivity index (χ4v) is 2.21. The third-order valence-electron chi connectivity index (χ3n) is 3.24. The van der Waals surface area contributed by atoms with E-state index in [1.165, 1.54) is 12.1 Å². The predicted molar refractivity (Wildman–Crippen MR) is 82.3 cm³/mol. The molecule has 7 heteroatoms. The molecule has 0 spiro atoms. The number of carbonyl (C=O) groups is 1. The zero-order valence-electron chi connectivity index (χ0n) is 11.9. The summed E-state index contributed by atoms with van der Waals surface area (Å²) >= 11 is 0. The maximum atomic E-state index is 11.8. The predicted octanol–water partition coefficient (Wildman–Crippen LogP) is 3.08. The zero-order valence-corrected chi connectivity index (χ0v) is 11.9. The van der Waals surface area contributed by atoms with E-state index in [1.807, 2.05) is 19.1 Å². The van der Waals surface area contributed by atoms with Crippen LogP contribution in [-0.2, 0) is 6.42 Å². The van der Waals surface area contributed by atoms with Crippen LogP contribution >= 0.6 is 0 Å². The number of non-ortho nitro benzene ring substituents is 1. The smallest absolute Gasteiger partial charge is 0.324 e. The van der Waals surface area contributed by atoms with Gasteiger partial charge in [-0.2, -0.15) is 0 Å². The van der Waals surface area contributed by atoms with Gasteiger partial charge in [0.2, 0.25) is 0 Å². The molecule has 0 bridgehead atoms. The molecule has 0 heterocycles. The minimum absolute atomic E-state index is 0.0963. The van der Waals surface area contributed by atoms with E-state index in [0.717, 1.165) is 16.5 Å². The molecule has 0 aromatic heterocycles. The van der Waals surface area contributed by atoms with Gasteiger partial charge in [-0.05, 0) is 24.1 Å². The lowest BCUT2D eigenvalue weighted by Crippen LogP contribution is -2.32. The SMILES string of the molecule is CCc1ccccc1N(C(N)=O)c1ccc([N+](=O)[O-])cc1O. The molecule has 2 rings (SSSR count). The number of carbonyl (C=O) groups excluding carboxylic acids is 1. The highest BCUT2D eigenvalue weighted by molar-refractivity contribution is 6.00. The van der Waals surface area contributed by atoms with Crippen LogP contribution < -0.4 is 10.6 Å². The summed E-state index contributed by atoms with van der Waals surface area (Å²) in [6.45, 7) is 1.92. The summed E-state index contributed by atoms with van der Waals surface area (Å²) in [4.78, 5) is 23.1. The Bertz CT molecular complexity index is 730. The number of hydrogen-bond donors (Lipinski definition) is 2. The Morgan fingerprint density at radius 3 is 2.50 bits per heavy atom. The number of nitrogens with zero attached hydrogens (tertiary/aromatic N) is 2. The van der Waals surface area contributed by atoms with Gasteiger partial charge in [-0.3, -0.25) is 15.0 Å². The van der Waals surface area contributed by atoms with Gasteiger partial charge in [-0.25, -0.2) is 4.79 Å². The molecule has 0 atom stereocenters. The molecule has 0 radical (unpaired) electrons. The van der Waals surface area contributed by atoms with Crippen LogP contribution in [0.25, 0.3) is 0 Å². The normalized spacial score (nSPS) is 10.2. The Morgan fingerprint density at radius 2 is 1.95 bits per heavy atom. The van der Waals surface area contributed by atoms with Crippen molar-refractivity contribution in [3.63, 3.8) is 0 Å². The number of phenolic OH excluding ortho intramolecular Hbond substituents is 1. The van der Waals surface area contributed by atoms with Gasteiger partial charge in [-0.15, -0.1) is 0 Å². The number of amides is 2. The average Bonchev–Trinajstić information content (AvgIpc) is 2.49. The van der Waals surface area contributed by atoms with Gasteiger partial charge in [0, 0.05) is 6.07 Å². The second-order valence-corrected chi connectivity index (χ2v) is 4.59. The molecule has 0 aliphatic carbocycles. The first kappa shape index (κ1) is 15.3. The van der Waals surface area contributed by atoms with E-state index < -0.39 is 11.0 Å². The number of primary amides is 1. The summed E-state index contributed by atoms with van der Waals surface area (Å²) in [7, 11) is 0. The number of hydrogen-bond acceptors (Lipinski definition) is 4. The van der Waals surface area contributed by atoms with E-state index in [9.17, 15) is 20.0 Å². The Morgan fingerprint density at radius 1 is 1.27 bits per heavy atom. The number of phenols is 1. The highest BCUT2D eigenvalue weighted by atomic mass is 16.6. The lowest BCUT2D eigenvalue weighted by atomic mass is 10.1. The number of nitro benzene ring substituents is 1. The van der Waals surface area contributed by atoms with Crippen molar-refractivity contribution in [2.45, 2.75) is 13.3 Å². The third kappa shape index (κ3) is 2.83. The molecule has 0 fully saturated rings. The molecule has 2 amide bonds. The quantitative estimate of drug-likeness (QED) is 0.667. The van der Waals surface area contributed by atoms with Gasteiger partial charge in [-0.1, -0.05) is 25.1 Å². The topological polar surface area (TPSA) is 110 Å². The van der Waals surface area contributed by atoms with Crippen molar-refractivity contribution in [1.82, 2.24) is 0 Å². The Hall–Kier alpha value is -3.09. The first-order chi connectivity index (χ1) is 10.5. The second kappa shape index (κ2) is 6.13. The summed E-state index contributed by atoms with van der Waals surface area (Å²) in [6.07, 6.45) is 0.660. The molecule has 0 aliphatic rings. The summed E-state index contributed by atoms with van der Waals surface area (Å²) in [5.41, 5.74) is 6.65. The molecule has 0 aliphatic heterocycles. The minimum Gasteiger partial charge on any atom is -0.505 e. The van der Waals surface area contributed by atoms with E-state index in [1.54, 1.807) is 12.1 Å². The van der Waals surface area contributed by atoms with Gasteiger partial charge < -0.3 is 10.8 Å². The van der Waals surface area contributed by atoms with Crippen LogP contribution in [-0.4, -0.2) is 16.1 Å². The summed E-state index contributed by atoms with van der Waals surface area (Å²) in [6, 6.07) is 9.82. The molecule has 114 valence electrons. The monoisotopic (exact) mass is 301 g/mol. The Kier molecular flexibility index (Phi) is 4.26. The maximum Gasteiger partial charge on any atom is 0.324 e. The van der Waals surface area contributed by atoms with Crippen molar-refractivity contribution in [1.29, 1.82) is 0 Å². The minimum atomic E-state index is -0.787. The van der Waals surface area contributed by atoms with Crippen LogP contribution in [0.5, 0.6) is 5.75 Å². The summed E-state index contributed by atoms with van der Waals surface area (Å²) in [5, 5.41) is 20.8. The third-order valence-corrected chi connectivity index (χ3v) is 3.24. The van der Waals surface area contributed by atoms with Crippen molar-refractivity contribution in [2.75, 3.05) is 4.90 Å². The van der Waals surface area contributed by atoms with Gasteiger partial charge >= 0.3 is 6.03 Å². The van der Waals surface area contributed by atoms with Crippen LogP contribution in [0.3, 0.4) is 0 Å². The number of para-hydroxylation sites is 1. The van der Waals surface area contributed by atoms with Crippen molar-refractivity contribution in [2.24, 2.45) is 5.73 Å². The van der Waals surface area contributed by atoms with Crippen LogP contribution in [0, 0.1) is 10.1 Å². The molecule has 0 saturated heterocycles. The fourth-order valence-electron chi connectivity index (χ4n) is 2.21. The number of rotatable bonds is 4. The lowest BCUT2D eigenvalue weighted by molar-refractivity contribution is -0.384. The van der Waals surface area contributed by atoms with Crippen molar-refractivity contribution in [3.05, 3.63) is 58.1 Å². The number of urea groups is 1. The van der Waals surface area contributed by atoms with E-state index in [2.05, 4.69) is 0 Å². The van der Waals surface area contributed by atoms with Crippen LogP contribution in [0.2, 0.25) is 0 Å². The Labute approximate surface area is 126 Å². The van der Waals surface area contributed by atoms with E-state index in [-0.39, 0.29) is 17.1 Å². The number of nitro groups is 1.